The number of rotatable bonds is 1. The van der Waals surface area contributed by atoms with Gasteiger partial charge in [0, 0.05) is 13.0 Å². The summed E-state index contributed by atoms with van der Waals surface area (Å²) in [5.74, 6) is 0.0298. The molecule has 4 rings (SSSR count). The molecule has 15 heavy (non-hydrogen) atoms. The molecule has 0 aromatic heterocycles. The van der Waals surface area contributed by atoms with Gasteiger partial charge in [-0.15, -0.1) is 0 Å². The lowest BCUT2D eigenvalue weighted by atomic mass is 9.54. The highest BCUT2D eigenvalue weighted by Gasteiger charge is 2.69. The third-order valence-electron chi connectivity index (χ3n) is 4.74. The number of ether oxygens (including phenoxy) is 2. The zero-order valence-electron chi connectivity index (χ0n) is 9.32. The highest BCUT2D eigenvalue weighted by Crippen LogP contribution is 2.59. The quantitative estimate of drug-likeness (QED) is 0.611. The zero-order valence-corrected chi connectivity index (χ0v) is 9.32. The molecule has 4 bridgehead atoms. The van der Waals surface area contributed by atoms with E-state index in [0.717, 1.165) is 0 Å². The Morgan fingerprint density at radius 1 is 1.60 bits per heavy atom. The van der Waals surface area contributed by atoms with Gasteiger partial charge in [0.15, 0.2) is 0 Å². The summed E-state index contributed by atoms with van der Waals surface area (Å²) in [6, 6.07) is 0. The summed E-state index contributed by atoms with van der Waals surface area (Å²) < 4.78 is 11.1. The van der Waals surface area contributed by atoms with Crippen LogP contribution in [0.2, 0.25) is 0 Å². The maximum atomic E-state index is 12.4. The molecule has 1 aliphatic heterocycles. The summed E-state index contributed by atoms with van der Waals surface area (Å²) in [5, 5.41) is 0. The van der Waals surface area contributed by atoms with Crippen LogP contribution < -0.4 is 0 Å². The smallest absolute Gasteiger partial charge is 0.236 e. The van der Waals surface area contributed by atoms with Gasteiger partial charge >= 0.3 is 0 Å². The fraction of sp³-hybridized carbons (Fsp3) is 0.750. The number of hydrogen-bond acceptors (Lipinski definition) is 3. The second-order valence-electron chi connectivity index (χ2n) is 5.13. The average Bonchev–Trinajstić information content (AvgIpc) is 2.60. The highest BCUT2D eigenvalue weighted by atomic mass is 16.7. The van der Waals surface area contributed by atoms with Gasteiger partial charge in [-0.05, 0) is 18.8 Å². The van der Waals surface area contributed by atoms with Crippen molar-refractivity contribution in [1.82, 2.24) is 0 Å². The van der Waals surface area contributed by atoms with Crippen LogP contribution in [-0.4, -0.2) is 25.3 Å². The number of allylic oxidation sites excluding steroid dienone is 1. The van der Waals surface area contributed by atoms with E-state index in [2.05, 4.69) is 13.0 Å². The summed E-state index contributed by atoms with van der Waals surface area (Å²) in [7, 11) is 1.57. The molecule has 0 unspecified atom stereocenters. The van der Waals surface area contributed by atoms with Crippen molar-refractivity contribution in [1.29, 1.82) is 0 Å². The Morgan fingerprint density at radius 3 is 3.00 bits per heavy atom. The Balaban J connectivity index is 2.21. The molecule has 1 heterocycles. The normalized spacial score (nSPS) is 56.5. The highest BCUT2D eigenvalue weighted by molar-refractivity contribution is 5.96. The van der Waals surface area contributed by atoms with Crippen LogP contribution in [0, 0.1) is 23.2 Å². The van der Waals surface area contributed by atoms with E-state index in [9.17, 15) is 4.79 Å². The minimum absolute atomic E-state index is 0.103. The molecule has 0 aromatic carbocycles. The lowest BCUT2D eigenvalue weighted by Gasteiger charge is -2.50. The lowest BCUT2D eigenvalue weighted by molar-refractivity contribution is -0.222. The van der Waals surface area contributed by atoms with Crippen molar-refractivity contribution in [2.75, 3.05) is 13.7 Å². The van der Waals surface area contributed by atoms with Gasteiger partial charge in [0.2, 0.25) is 11.6 Å². The standard InChI is InChI=1S/C12H16O3/c1-7-8-6-15-12(14-3)9(8)4-5-11(7,2)10(12)13/h4-5,7-9H,6H2,1-3H3/t7-,8-,9-,11-,12-/m1/s1. The average molecular weight is 208 g/mol. The first-order valence-corrected chi connectivity index (χ1v) is 5.49. The van der Waals surface area contributed by atoms with Crippen LogP contribution in [0.1, 0.15) is 13.8 Å². The van der Waals surface area contributed by atoms with Crippen molar-refractivity contribution in [3.63, 3.8) is 0 Å². The number of hydrogen-bond donors (Lipinski definition) is 0. The number of methoxy groups -OCH3 is 1. The van der Waals surface area contributed by atoms with Crippen LogP contribution in [0.15, 0.2) is 12.2 Å². The third-order valence-corrected chi connectivity index (χ3v) is 4.74. The van der Waals surface area contributed by atoms with E-state index in [1.807, 2.05) is 13.0 Å². The van der Waals surface area contributed by atoms with Crippen molar-refractivity contribution in [2.45, 2.75) is 19.6 Å². The summed E-state index contributed by atoms with van der Waals surface area (Å²) in [4.78, 5) is 12.4. The molecule has 82 valence electrons. The van der Waals surface area contributed by atoms with E-state index in [1.54, 1.807) is 7.11 Å². The molecule has 3 heteroatoms. The molecule has 5 atom stereocenters. The van der Waals surface area contributed by atoms with Crippen molar-refractivity contribution in [3.05, 3.63) is 12.2 Å². The molecule has 0 spiro atoms. The predicted molar refractivity (Wildman–Crippen MR) is 54.1 cm³/mol. The van der Waals surface area contributed by atoms with Gasteiger partial charge in [-0.1, -0.05) is 19.1 Å². The van der Waals surface area contributed by atoms with Crippen LogP contribution >= 0.6 is 0 Å². The molecule has 0 N–H and O–H groups in total. The first-order chi connectivity index (χ1) is 7.06. The Kier molecular flexibility index (Phi) is 1.61. The Hall–Kier alpha value is -0.670. The summed E-state index contributed by atoms with van der Waals surface area (Å²) in [6.07, 6.45) is 4.16. The lowest BCUT2D eigenvalue weighted by Crippen LogP contribution is -2.61. The Labute approximate surface area is 89.4 Å². The molecule has 4 aliphatic rings. The SMILES string of the molecule is CO[C@@]12OC[C@H]3[C@H]1C=C[C@@](C)(C2=O)[C@@H]3C. The first kappa shape index (κ1) is 9.55. The molecular weight excluding hydrogens is 192 g/mol. The molecule has 0 aromatic rings. The topological polar surface area (TPSA) is 35.5 Å². The number of carbonyl (C=O) groups excluding carboxylic acids is 1. The number of carbonyl (C=O) groups is 1. The minimum atomic E-state index is -0.972. The molecule has 0 amide bonds. The van der Waals surface area contributed by atoms with Gasteiger partial charge in [-0.2, -0.15) is 0 Å². The third kappa shape index (κ3) is 0.797. The van der Waals surface area contributed by atoms with E-state index < -0.39 is 11.2 Å². The van der Waals surface area contributed by atoms with Gasteiger partial charge in [0.1, 0.15) is 0 Å². The second-order valence-corrected chi connectivity index (χ2v) is 5.13. The molecule has 0 radical (unpaired) electrons. The number of ketones is 1. The van der Waals surface area contributed by atoms with Gasteiger partial charge in [0.05, 0.1) is 12.0 Å². The molecule has 2 fully saturated rings. The van der Waals surface area contributed by atoms with E-state index in [0.29, 0.717) is 18.4 Å². The van der Waals surface area contributed by atoms with Crippen LogP contribution in [0.5, 0.6) is 0 Å². The van der Waals surface area contributed by atoms with Gasteiger partial charge < -0.3 is 9.47 Å². The van der Waals surface area contributed by atoms with E-state index in [-0.39, 0.29) is 11.7 Å². The summed E-state index contributed by atoms with van der Waals surface area (Å²) in [6.45, 7) is 4.79. The molecule has 3 nitrogen and oxygen atoms in total. The van der Waals surface area contributed by atoms with E-state index >= 15 is 0 Å². The van der Waals surface area contributed by atoms with Crippen LogP contribution in [0.25, 0.3) is 0 Å². The van der Waals surface area contributed by atoms with Gasteiger partial charge in [0.25, 0.3) is 0 Å². The summed E-state index contributed by atoms with van der Waals surface area (Å²) in [5.41, 5.74) is -0.397. The van der Waals surface area contributed by atoms with E-state index in [1.165, 1.54) is 0 Å². The molecule has 1 saturated heterocycles. The first-order valence-electron chi connectivity index (χ1n) is 5.49. The Morgan fingerprint density at radius 2 is 2.33 bits per heavy atom. The van der Waals surface area contributed by atoms with Crippen LogP contribution in [-0.2, 0) is 14.3 Å². The molecular formula is C12H16O3. The minimum Gasteiger partial charge on any atom is -0.346 e. The summed E-state index contributed by atoms with van der Waals surface area (Å²) >= 11 is 0. The predicted octanol–water partition coefficient (Wildman–Crippen LogP) is 1.39. The van der Waals surface area contributed by atoms with Crippen LogP contribution in [0.3, 0.4) is 0 Å². The Bertz CT molecular complexity index is 362. The molecule has 3 aliphatic carbocycles. The molecule has 1 saturated carbocycles. The fourth-order valence-electron chi connectivity index (χ4n) is 3.49. The van der Waals surface area contributed by atoms with Crippen molar-refractivity contribution < 1.29 is 14.3 Å². The van der Waals surface area contributed by atoms with Crippen molar-refractivity contribution >= 4 is 5.78 Å². The second kappa shape index (κ2) is 2.53. The zero-order chi connectivity index (χ0) is 10.8. The van der Waals surface area contributed by atoms with Crippen molar-refractivity contribution in [2.24, 2.45) is 23.2 Å². The number of Topliss-reactive ketones (excluding diaryl/α,β-unsaturated/α-hetero) is 1. The maximum absolute atomic E-state index is 12.4. The van der Waals surface area contributed by atoms with E-state index in [4.69, 9.17) is 9.47 Å². The maximum Gasteiger partial charge on any atom is 0.236 e. The van der Waals surface area contributed by atoms with Gasteiger partial charge in [-0.3, -0.25) is 4.79 Å². The van der Waals surface area contributed by atoms with Crippen molar-refractivity contribution in [3.8, 4) is 0 Å². The monoisotopic (exact) mass is 208 g/mol. The largest absolute Gasteiger partial charge is 0.346 e. The van der Waals surface area contributed by atoms with Gasteiger partial charge in [-0.25, -0.2) is 0 Å². The van der Waals surface area contributed by atoms with Crippen LogP contribution in [0.4, 0.5) is 0 Å². The fourth-order valence-corrected chi connectivity index (χ4v) is 3.49.